The summed E-state index contributed by atoms with van der Waals surface area (Å²) in [7, 11) is 0. The molecule has 0 saturated carbocycles. The molecule has 7 heteroatoms. The largest absolute Gasteiger partial charge is 0.445 e. The van der Waals surface area contributed by atoms with Gasteiger partial charge in [-0.3, -0.25) is 9.59 Å². The highest BCUT2D eigenvalue weighted by atomic mass is 19.1. The number of amides is 2. The van der Waals surface area contributed by atoms with Crippen LogP contribution in [0.4, 0.5) is 9.18 Å². The Morgan fingerprint density at radius 3 is 2.19 bits per heavy atom. The number of benzene rings is 2. The maximum absolute atomic E-state index is 12.3. The van der Waals surface area contributed by atoms with E-state index in [9.17, 15) is 18.8 Å². The number of halogens is 1. The fourth-order valence-corrected chi connectivity index (χ4v) is 2.16. The number of nitrogens with one attached hydrogen (secondary N) is 2. The van der Waals surface area contributed by atoms with Gasteiger partial charge in [-0.1, -0.05) is 60.7 Å². The first-order valence-corrected chi connectivity index (χ1v) is 7.97. The summed E-state index contributed by atoms with van der Waals surface area (Å²) in [5, 5.41) is 4.78. The Labute approximate surface area is 150 Å². The molecule has 6 nitrogen and oxygen atoms in total. The van der Waals surface area contributed by atoms with Crippen LogP contribution in [-0.2, 0) is 20.9 Å². The summed E-state index contributed by atoms with van der Waals surface area (Å²) >= 11 is 0. The molecule has 0 fully saturated rings. The molecule has 2 aromatic rings. The van der Waals surface area contributed by atoms with E-state index in [0.29, 0.717) is 5.56 Å². The zero-order chi connectivity index (χ0) is 18.8. The predicted molar refractivity (Wildman–Crippen MR) is 92.9 cm³/mol. The highest BCUT2D eigenvalue weighted by molar-refractivity contribution is 5.91. The zero-order valence-corrected chi connectivity index (χ0v) is 14.0. The van der Waals surface area contributed by atoms with Crippen molar-refractivity contribution in [3.05, 3.63) is 71.8 Å². The lowest BCUT2D eigenvalue weighted by Crippen LogP contribution is -2.42. The minimum Gasteiger partial charge on any atom is -0.445 e. The third-order valence-corrected chi connectivity index (χ3v) is 3.48. The molecule has 0 aliphatic carbocycles. The summed E-state index contributed by atoms with van der Waals surface area (Å²) in [4.78, 5) is 35.4. The van der Waals surface area contributed by atoms with Gasteiger partial charge in [0.25, 0.3) is 0 Å². The van der Waals surface area contributed by atoms with Crippen molar-refractivity contribution in [2.45, 2.75) is 12.6 Å². The maximum Gasteiger partial charge on any atom is 0.408 e. The van der Waals surface area contributed by atoms with Crippen molar-refractivity contribution in [2.75, 3.05) is 13.2 Å². The predicted octanol–water partition coefficient (Wildman–Crippen LogP) is 2.31. The van der Waals surface area contributed by atoms with Gasteiger partial charge in [0.15, 0.2) is 5.78 Å². The molecule has 2 rings (SSSR count). The Kier molecular flexibility index (Phi) is 7.30. The van der Waals surface area contributed by atoms with Crippen molar-refractivity contribution in [3.8, 4) is 0 Å². The van der Waals surface area contributed by atoms with Gasteiger partial charge < -0.3 is 15.4 Å². The summed E-state index contributed by atoms with van der Waals surface area (Å²) in [6.07, 6.45) is -0.783. The van der Waals surface area contributed by atoms with E-state index >= 15 is 0 Å². The molecule has 0 aromatic heterocycles. The van der Waals surface area contributed by atoms with Gasteiger partial charge in [-0.15, -0.1) is 0 Å². The first kappa shape index (κ1) is 19.1. The molecule has 0 spiro atoms. The van der Waals surface area contributed by atoms with E-state index in [2.05, 4.69) is 10.6 Å². The Morgan fingerprint density at radius 2 is 1.58 bits per heavy atom. The number of hydrogen-bond donors (Lipinski definition) is 2. The Hall–Kier alpha value is -3.22. The summed E-state index contributed by atoms with van der Waals surface area (Å²) in [6, 6.07) is 16.5. The van der Waals surface area contributed by atoms with Gasteiger partial charge in [0.2, 0.25) is 5.91 Å². The average Bonchev–Trinajstić information content (AvgIpc) is 2.69. The van der Waals surface area contributed by atoms with Crippen molar-refractivity contribution in [2.24, 2.45) is 0 Å². The number of ether oxygens (including phenoxy) is 1. The number of alkyl halides is 1. The molecule has 2 aromatic carbocycles. The summed E-state index contributed by atoms with van der Waals surface area (Å²) in [5.74, 6) is -1.38. The van der Waals surface area contributed by atoms with E-state index in [1.807, 2.05) is 18.2 Å². The molecule has 136 valence electrons. The standard InChI is InChI=1S/C19H19FN2O4/c20-11-16(23)12-21-18(24)17(15-9-5-2-6-10-15)22-19(25)26-13-14-7-3-1-4-8-14/h1-10,17H,11-13H2,(H,21,24)(H,22,25)/t17-/m0/s1. The minimum atomic E-state index is -1.16. The van der Waals surface area contributed by atoms with E-state index < -0.39 is 37.0 Å². The van der Waals surface area contributed by atoms with E-state index in [1.165, 1.54) is 0 Å². The first-order chi connectivity index (χ1) is 12.6. The van der Waals surface area contributed by atoms with Crippen molar-refractivity contribution >= 4 is 17.8 Å². The molecule has 1 atom stereocenters. The van der Waals surface area contributed by atoms with Gasteiger partial charge in [-0.2, -0.15) is 0 Å². The lowest BCUT2D eigenvalue weighted by molar-refractivity contribution is -0.126. The quantitative estimate of drug-likeness (QED) is 0.758. The molecule has 0 heterocycles. The van der Waals surface area contributed by atoms with Crippen LogP contribution in [0.15, 0.2) is 60.7 Å². The Bertz CT molecular complexity index is 738. The number of ketones is 1. The van der Waals surface area contributed by atoms with E-state index in [-0.39, 0.29) is 6.61 Å². The molecule has 0 aliphatic heterocycles. The van der Waals surface area contributed by atoms with Gasteiger partial charge in [0.1, 0.15) is 19.3 Å². The molecule has 0 bridgehead atoms. The van der Waals surface area contributed by atoms with E-state index in [1.54, 1.807) is 42.5 Å². The molecular weight excluding hydrogens is 339 g/mol. The fourth-order valence-electron chi connectivity index (χ4n) is 2.16. The average molecular weight is 358 g/mol. The van der Waals surface area contributed by atoms with Crippen LogP contribution in [0.1, 0.15) is 17.2 Å². The lowest BCUT2D eigenvalue weighted by atomic mass is 10.1. The van der Waals surface area contributed by atoms with Crippen LogP contribution < -0.4 is 10.6 Å². The molecule has 2 amide bonds. The van der Waals surface area contributed by atoms with Crippen LogP contribution in [0.2, 0.25) is 0 Å². The molecule has 26 heavy (non-hydrogen) atoms. The summed E-state index contributed by atoms with van der Waals surface area (Å²) < 4.78 is 17.4. The fraction of sp³-hybridized carbons (Fsp3) is 0.211. The van der Waals surface area contributed by atoms with Gasteiger partial charge in [0.05, 0.1) is 6.54 Å². The molecule has 0 radical (unpaired) electrons. The van der Waals surface area contributed by atoms with Gasteiger partial charge in [-0.05, 0) is 11.1 Å². The summed E-state index contributed by atoms with van der Waals surface area (Å²) in [5.41, 5.74) is 1.31. The van der Waals surface area contributed by atoms with E-state index in [4.69, 9.17) is 4.74 Å². The van der Waals surface area contributed by atoms with Gasteiger partial charge >= 0.3 is 6.09 Å². The van der Waals surface area contributed by atoms with Gasteiger partial charge in [0, 0.05) is 0 Å². The Morgan fingerprint density at radius 1 is 0.962 bits per heavy atom. The zero-order valence-electron chi connectivity index (χ0n) is 14.0. The molecule has 0 aliphatic rings. The monoisotopic (exact) mass is 358 g/mol. The second-order valence-electron chi connectivity index (χ2n) is 5.44. The SMILES string of the molecule is O=C(CF)CNC(=O)[C@@H](NC(=O)OCc1ccccc1)c1ccccc1. The molecule has 0 saturated heterocycles. The van der Waals surface area contributed by atoms with Crippen LogP contribution in [0.3, 0.4) is 0 Å². The van der Waals surface area contributed by atoms with Crippen molar-refractivity contribution in [1.82, 2.24) is 10.6 Å². The van der Waals surface area contributed by atoms with Crippen LogP contribution in [0, 0.1) is 0 Å². The highest BCUT2D eigenvalue weighted by Crippen LogP contribution is 2.13. The highest BCUT2D eigenvalue weighted by Gasteiger charge is 2.23. The van der Waals surface area contributed by atoms with Crippen LogP contribution in [0.25, 0.3) is 0 Å². The summed E-state index contributed by atoms with van der Waals surface area (Å²) in [6.45, 7) is -1.56. The van der Waals surface area contributed by atoms with Gasteiger partial charge in [-0.25, -0.2) is 9.18 Å². The second-order valence-corrected chi connectivity index (χ2v) is 5.44. The van der Waals surface area contributed by atoms with Crippen LogP contribution >= 0.6 is 0 Å². The van der Waals surface area contributed by atoms with Crippen molar-refractivity contribution < 1.29 is 23.5 Å². The molecular formula is C19H19FN2O4. The second kappa shape index (κ2) is 9.93. The number of carbonyl (C=O) groups excluding carboxylic acids is 3. The molecule has 2 N–H and O–H groups in total. The topological polar surface area (TPSA) is 84.5 Å². The third-order valence-electron chi connectivity index (χ3n) is 3.48. The van der Waals surface area contributed by atoms with E-state index in [0.717, 1.165) is 5.56 Å². The Balaban J connectivity index is 2.00. The minimum absolute atomic E-state index is 0.0517. The number of alkyl carbamates (subject to hydrolysis) is 1. The maximum atomic E-state index is 12.3. The normalized spacial score (nSPS) is 11.3. The lowest BCUT2D eigenvalue weighted by Gasteiger charge is -2.18. The third kappa shape index (κ3) is 6.01. The molecule has 0 unspecified atom stereocenters. The van der Waals surface area contributed by atoms with Crippen LogP contribution in [0.5, 0.6) is 0 Å². The first-order valence-electron chi connectivity index (χ1n) is 7.97. The smallest absolute Gasteiger partial charge is 0.408 e. The number of rotatable bonds is 8. The number of Topliss-reactive ketones (excluding diaryl/α,β-unsaturated/α-hetero) is 1. The number of carbonyl (C=O) groups is 3. The van der Waals surface area contributed by atoms with Crippen molar-refractivity contribution in [3.63, 3.8) is 0 Å². The van der Waals surface area contributed by atoms with Crippen LogP contribution in [-0.4, -0.2) is 31.0 Å². The van der Waals surface area contributed by atoms with Crippen molar-refractivity contribution in [1.29, 1.82) is 0 Å². The number of hydrogen-bond acceptors (Lipinski definition) is 4.